The summed E-state index contributed by atoms with van der Waals surface area (Å²) in [6, 6.07) is 22.8. The second-order valence-electron chi connectivity index (χ2n) is 12.7. The molecule has 2 aromatic carbocycles. The number of H-pyrrole nitrogens is 1. The molecule has 10 heteroatoms. The zero-order valence-electron chi connectivity index (χ0n) is 26.1. The number of nitrogens with one attached hydrogen (secondary N) is 3. The lowest BCUT2D eigenvalue weighted by Gasteiger charge is -2.31. The summed E-state index contributed by atoms with van der Waals surface area (Å²) in [6.07, 6.45) is 10.5. The monoisotopic (exact) mass is 626 g/mol. The number of aromatic amines is 1. The van der Waals surface area contributed by atoms with Gasteiger partial charge in [-0.3, -0.25) is 14.9 Å². The molecular formula is C35H46N8OS. The van der Waals surface area contributed by atoms with Crippen LogP contribution in [0.2, 0.25) is 0 Å². The lowest BCUT2D eigenvalue weighted by molar-refractivity contribution is 0.187. The Labute approximate surface area is 269 Å². The third-order valence-corrected chi connectivity index (χ3v) is 10.2. The first-order valence-electron chi connectivity index (χ1n) is 16.4. The van der Waals surface area contributed by atoms with Crippen molar-refractivity contribution in [3.63, 3.8) is 0 Å². The van der Waals surface area contributed by atoms with Gasteiger partial charge in [-0.2, -0.15) is 4.98 Å². The number of rotatable bonds is 11. The smallest absolute Gasteiger partial charge is 0.354 e. The molecule has 2 aliphatic heterocycles. The molecule has 2 saturated heterocycles. The van der Waals surface area contributed by atoms with Crippen molar-refractivity contribution in [1.29, 1.82) is 5.41 Å². The number of nitrogens with two attached hydrogens (primary N) is 2. The van der Waals surface area contributed by atoms with Crippen molar-refractivity contribution in [3.8, 4) is 5.69 Å². The highest BCUT2D eigenvalue weighted by Gasteiger charge is 2.35. The van der Waals surface area contributed by atoms with E-state index in [2.05, 4.69) is 75.6 Å². The second kappa shape index (κ2) is 14.3. The van der Waals surface area contributed by atoms with Gasteiger partial charge in [-0.15, -0.1) is 0 Å². The number of amidine groups is 1. The number of benzene rings is 2. The van der Waals surface area contributed by atoms with E-state index in [9.17, 15) is 4.79 Å². The fourth-order valence-corrected chi connectivity index (χ4v) is 7.83. The van der Waals surface area contributed by atoms with Crippen LogP contribution in [0.5, 0.6) is 0 Å². The Hall–Kier alpha value is -3.44. The van der Waals surface area contributed by atoms with Crippen LogP contribution in [0.25, 0.3) is 16.7 Å². The van der Waals surface area contributed by atoms with Crippen LogP contribution in [0.4, 0.5) is 0 Å². The quantitative estimate of drug-likeness (QED) is 0.103. The number of thioether (sulfide) groups is 1. The zero-order valence-corrected chi connectivity index (χ0v) is 26.9. The van der Waals surface area contributed by atoms with Crippen LogP contribution in [0.15, 0.2) is 71.7 Å². The Morgan fingerprint density at radius 3 is 2.60 bits per heavy atom. The lowest BCUT2D eigenvalue weighted by Crippen LogP contribution is -2.37. The second-order valence-corrected chi connectivity index (χ2v) is 13.9. The third-order valence-electron chi connectivity index (χ3n) is 9.44. The van der Waals surface area contributed by atoms with E-state index >= 15 is 0 Å². The van der Waals surface area contributed by atoms with Crippen molar-refractivity contribution in [2.45, 2.75) is 88.5 Å². The van der Waals surface area contributed by atoms with Gasteiger partial charge in [0.25, 0.3) is 0 Å². The Morgan fingerprint density at radius 2 is 1.84 bits per heavy atom. The van der Waals surface area contributed by atoms with E-state index in [0.717, 1.165) is 74.0 Å². The van der Waals surface area contributed by atoms with Gasteiger partial charge in [-0.1, -0.05) is 60.6 Å². The third kappa shape index (κ3) is 7.52. The number of hydrogen-bond acceptors (Lipinski definition) is 7. The maximum absolute atomic E-state index is 13.2. The Bertz CT molecular complexity index is 1630. The van der Waals surface area contributed by atoms with Crippen molar-refractivity contribution >= 4 is 28.0 Å². The van der Waals surface area contributed by atoms with Crippen molar-refractivity contribution in [3.05, 3.63) is 94.2 Å². The summed E-state index contributed by atoms with van der Waals surface area (Å²) in [5.41, 5.74) is 16.5. The molecular weight excluding hydrogens is 581 g/mol. The van der Waals surface area contributed by atoms with Gasteiger partial charge < -0.3 is 21.8 Å². The van der Waals surface area contributed by atoms with Crippen molar-refractivity contribution in [1.82, 2.24) is 24.8 Å². The van der Waals surface area contributed by atoms with Crippen LogP contribution in [0, 0.1) is 5.41 Å². The maximum Gasteiger partial charge on any atom is 0.354 e. The fraction of sp³-hybridized carbons (Fsp3) is 0.457. The van der Waals surface area contributed by atoms with Crippen molar-refractivity contribution in [2.24, 2.45) is 11.5 Å². The Kier molecular flexibility index (Phi) is 10.0. The lowest BCUT2D eigenvalue weighted by atomic mass is 9.92. The molecule has 0 bridgehead atoms. The molecule has 0 unspecified atom stereocenters. The molecule has 2 aliphatic rings. The number of hydrogen-bond donors (Lipinski definition) is 5. The molecule has 7 N–H and O–H groups in total. The zero-order chi connectivity index (χ0) is 31.3. The van der Waals surface area contributed by atoms with Gasteiger partial charge in [-0.05, 0) is 87.7 Å². The van der Waals surface area contributed by atoms with Crippen LogP contribution in [-0.4, -0.2) is 49.0 Å². The van der Waals surface area contributed by atoms with Crippen LogP contribution in [-0.2, 0) is 0 Å². The minimum Gasteiger partial charge on any atom is -0.379 e. The van der Waals surface area contributed by atoms with Gasteiger partial charge in [0, 0.05) is 47.2 Å². The summed E-state index contributed by atoms with van der Waals surface area (Å²) in [5.74, 6) is 0.859. The van der Waals surface area contributed by atoms with Crippen LogP contribution in [0.3, 0.4) is 0 Å². The Morgan fingerprint density at radius 1 is 1.07 bits per heavy atom. The average Bonchev–Trinajstić information content (AvgIpc) is 3.65. The minimum atomic E-state index is -0.287. The van der Waals surface area contributed by atoms with E-state index in [1.165, 1.54) is 29.3 Å². The van der Waals surface area contributed by atoms with E-state index in [-0.39, 0.29) is 29.0 Å². The summed E-state index contributed by atoms with van der Waals surface area (Å²) in [7, 11) is 0. The predicted octanol–water partition coefficient (Wildman–Crippen LogP) is 5.92. The molecule has 9 nitrogen and oxygen atoms in total. The van der Waals surface area contributed by atoms with Crippen LogP contribution in [0.1, 0.15) is 93.2 Å². The maximum atomic E-state index is 13.2. The molecule has 4 aromatic rings. The van der Waals surface area contributed by atoms with E-state index in [1.54, 1.807) is 4.57 Å². The van der Waals surface area contributed by atoms with E-state index in [4.69, 9.17) is 16.9 Å². The van der Waals surface area contributed by atoms with Gasteiger partial charge >= 0.3 is 5.69 Å². The first kappa shape index (κ1) is 31.5. The van der Waals surface area contributed by atoms with E-state index in [0.29, 0.717) is 17.7 Å². The largest absolute Gasteiger partial charge is 0.379 e. The molecule has 4 heterocycles. The Balaban J connectivity index is 1.19. The topological polar surface area (TPSA) is 142 Å². The average molecular weight is 627 g/mol. The number of nitrogens with zero attached hydrogens (tertiary/aromatic N) is 3. The molecule has 2 aromatic heterocycles. The van der Waals surface area contributed by atoms with Gasteiger partial charge in [0.05, 0.1) is 11.7 Å². The summed E-state index contributed by atoms with van der Waals surface area (Å²) in [6.45, 7) is 3.05. The first-order valence-corrected chi connectivity index (χ1v) is 17.4. The first-order chi connectivity index (χ1) is 21.9. The van der Waals surface area contributed by atoms with Gasteiger partial charge in [0.2, 0.25) is 0 Å². The molecule has 0 amide bonds. The summed E-state index contributed by atoms with van der Waals surface area (Å²) in [5, 5.41) is 12.3. The molecule has 0 saturated carbocycles. The molecule has 238 valence electrons. The number of aromatic nitrogens is 3. The summed E-state index contributed by atoms with van der Waals surface area (Å²) >= 11 is 1.41. The molecule has 0 radical (unpaired) electrons. The predicted molar refractivity (Wildman–Crippen MR) is 185 cm³/mol. The van der Waals surface area contributed by atoms with E-state index in [1.807, 2.05) is 18.3 Å². The standard InChI is InChI=1S/C35H46N8OS/c1-23(36)7-6-19-42-31(25-8-3-2-4-9-25)16-17-32(42)30-21-26-22-43(35(44)41-33(26)40-30)28-14-12-24(13-15-28)29-11-5-10-27(39-29)18-20-45-34(37)38/h2-4,8-9,12-15,21-23,27,29,31-32,39H,5-7,10-11,16-20,36H2,1H3,(H3,37,38)(H,40,41,44)/t23-,27+,29+,31-,32+/m1/s1. The molecule has 45 heavy (non-hydrogen) atoms. The van der Waals surface area contributed by atoms with Gasteiger partial charge in [-0.25, -0.2) is 4.79 Å². The normalized spacial score (nSPS) is 23.0. The highest BCUT2D eigenvalue weighted by Crippen LogP contribution is 2.44. The van der Waals surface area contributed by atoms with Crippen molar-refractivity contribution in [2.75, 3.05) is 12.3 Å². The van der Waals surface area contributed by atoms with Gasteiger partial charge in [0.1, 0.15) is 5.65 Å². The molecule has 6 rings (SSSR count). The number of likely N-dealkylation sites (tertiary alicyclic amines) is 1. The highest BCUT2D eigenvalue weighted by atomic mass is 32.2. The number of piperidine rings is 1. The highest BCUT2D eigenvalue weighted by molar-refractivity contribution is 8.13. The summed E-state index contributed by atoms with van der Waals surface area (Å²) in [4.78, 5) is 23.8. The number of fused-ring (bicyclic) bond motifs is 1. The molecule has 5 atom stereocenters. The van der Waals surface area contributed by atoms with Gasteiger partial charge in [0.15, 0.2) is 5.17 Å². The van der Waals surface area contributed by atoms with E-state index < -0.39 is 0 Å². The van der Waals surface area contributed by atoms with Crippen molar-refractivity contribution < 1.29 is 0 Å². The molecule has 2 fully saturated rings. The summed E-state index contributed by atoms with van der Waals surface area (Å²) < 4.78 is 1.65. The minimum absolute atomic E-state index is 0.182. The molecule has 0 aliphatic carbocycles. The molecule has 0 spiro atoms. The SMILES string of the molecule is C[C@@H](N)CCCN1[C@@H](c2ccccc2)CC[C@H]1c1cc2cn(-c3ccc([C@@H]4CCC[C@@H](CCSC(=N)N)N4)cc3)c(=O)nc2[nH]1. The van der Waals surface area contributed by atoms with Crippen LogP contribution >= 0.6 is 11.8 Å². The van der Waals surface area contributed by atoms with Crippen LogP contribution < -0.4 is 22.5 Å². The fourth-order valence-electron chi connectivity index (χ4n) is 7.21.